The lowest BCUT2D eigenvalue weighted by atomic mass is 9.86. The van der Waals surface area contributed by atoms with E-state index in [1.165, 1.54) is 92.3 Å². The Morgan fingerprint density at radius 3 is 2.05 bits per heavy atom. The molecular formula is C36H57N3. The van der Waals surface area contributed by atoms with Gasteiger partial charge in [0.25, 0.3) is 0 Å². The molecule has 1 aliphatic carbocycles. The fourth-order valence-corrected chi connectivity index (χ4v) is 4.57. The summed E-state index contributed by atoms with van der Waals surface area (Å²) in [7, 11) is 1.85. The quantitative estimate of drug-likeness (QED) is 0.253. The van der Waals surface area contributed by atoms with Gasteiger partial charge in [-0.3, -0.25) is 4.99 Å². The second-order valence-electron chi connectivity index (χ2n) is 10.9. The number of aliphatic imine (C=N–C) groups is 2. The van der Waals surface area contributed by atoms with Gasteiger partial charge in [0.15, 0.2) is 5.84 Å². The Morgan fingerprint density at radius 1 is 0.897 bits per heavy atom. The summed E-state index contributed by atoms with van der Waals surface area (Å²) in [4.78, 5) is 9.26. The molecule has 1 aliphatic rings. The van der Waals surface area contributed by atoms with E-state index in [9.17, 15) is 0 Å². The van der Waals surface area contributed by atoms with Crippen molar-refractivity contribution in [3.63, 3.8) is 0 Å². The predicted octanol–water partition coefficient (Wildman–Crippen LogP) is 10.8. The number of nitrogens with zero attached hydrogens (tertiary/aromatic N) is 2. The lowest BCUT2D eigenvalue weighted by Crippen LogP contribution is -2.16. The van der Waals surface area contributed by atoms with E-state index in [-0.39, 0.29) is 0 Å². The van der Waals surface area contributed by atoms with Crippen LogP contribution in [0.15, 0.2) is 64.7 Å². The monoisotopic (exact) mass is 531 g/mol. The molecule has 0 bridgehead atoms. The van der Waals surface area contributed by atoms with Crippen LogP contribution in [0, 0.1) is 12.8 Å². The molecule has 0 aliphatic heterocycles. The summed E-state index contributed by atoms with van der Waals surface area (Å²) in [5.74, 6) is 1.54. The van der Waals surface area contributed by atoms with Gasteiger partial charge in [-0.15, -0.1) is 0 Å². The zero-order valence-electron chi connectivity index (χ0n) is 26.5. The van der Waals surface area contributed by atoms with Gasteiger partial charge in [0.05, 0.1) is 0 Å². The van der Waals surface area contributed by atoms with Crippen LogP contribution in [-0.4, -0.2) is 18.6 Å². The van der Waals surface area contributed by atoms with E-state index in [2.05, 4.69) is 101 Å². The van der Waals surface area contributed by atoms with Gasteiger partial charge in [0.2, 0.25) is 0 Å². The molecule has 0 aromatic heterocycles. The van der Waals surface area contributed by atoms with E-state index in [1.54, 1.807) is 0 Å². The molecule has 2 aromatic rings. The summed E-state index contributed by atoms with van der Waals surface area (Å²) in [5.41, 5.74) is 8.60. The zero-order chi connectivity index (χ0) is 29.0. The molecule has 1 N–H and O–H groups in total. The van der Waals surface area contributed by atoms with Crippen molar-refractivity contribution in [3.8, 4) is 0 Å². The topological polar surface area (TPSA) is 36.8 Å². The maximum absolute atomic E-state index is 4.85. The van der Waals surface area contributed by atoms with E-state index in [1.807, 2.05) is 14.0 Å². The van der Waals surface area contributed by atoms with Crippen molar-refractivity contribution in [2.75, 3.05) is 12.4 Å². The molecule has 3 nitrogen and oxygen atoms in total. The van der Waals surface area contributed by atoms with E-state index in [0.29, 0.717) is 5.92 Å². The Hall–Kier alpha value is -2.68. The maximum Gasteiger partial charge on any atom is 0.154 e. The van der Waals surface area contributed by atoms with Crippen molar-refractivity contribution in [2.45, 2.75) is 119 Å². The predicted molar refractivity (Wildman–Crippen MR) is 177 cm³/mol. The molecule has 0 atom stereocenters. The van der Waals surface area contributed by atoms with Gasteiger partial charge in [-0.1, -0.05) is 109 Å². The molecule has 216 valence electrons. The number of allylic oxidation sites excluding steroid dienone is 1. The lowest BCUT2D eigenvalue weighted by Gasteiger charge is -2.21. The molecular weight excluding hydrogens is 474 g/mol. The number of unbranched alkanes of at least 4 members (excludes halogenated alkanes) is 2. The summed E-state index contributed by atoms with van der Waals surface area (Å²) in [6, 6.07) is 15.3. The van der Waals surface area contributed by atoms with Crippen molar-refractivity contribution in [1.82, 2.24) is 0 Å². The summed E-state index contributed by atoms with van der Waals surface area (Å²) >= 11 is 0. The molecule has 0 spiro atoms. The first-order chi connectivity index (χ1) is 18.8. The van der Waals surface area contributed by atoms with E-state index in [4.69, 9.17) is 4.99 Å². The van der Waals surface area contributed by atoms with E-state index in [0.717, 1.165) is 23.5 Å². The molecule has 0 saturated heterocycles. The maximum atomic E-state index is 4.85. The zero-order valence-corrected chi connectivity index (χ0v) is 26.5. The third-order valence-corrected chi connectivity index (χ3v) is 7.22. The number of nitrogens with one attached hydrogen (secondary N) is 1. The van der Waals surface area contributed by atoms with Crippen LogP contribution in [0.4, 0.5) is 5.69 Å². The first-order valence-corrected chi connectivity index (χ1v) is 15.4. The Balaban J connectivity index is 0.000000378. The van der Waals surface area contributed by atoms with Gasteiger partial charge < -0.3 is 5.32 Å². The third kappa shape index (κ3) is 13.8. The molecule has 39 heavy (non-hydrogen) atoms. The van der Waals surface area contributed by atoms with Gasteiger partial charge in [0.1, 0.15) is 0 Å². The SMILES string of the molecule is C=C(C)Nc1cc(C)ccc1CC.CCCC.CCCCc1ccc(C(=NC)N=C(C)C2CCCCC2)cc1. The second kappa shape index (κ2) is 20.3. The van der Waals surface area contributed by atoms with Crippen LogP contribution >= 0.6 is 0 Å². The Bertz CT molecular complexity index is 1010. The summed E-state index contributed by atoms with van der Waals surface area (Å²) in [6.45, 7) is 18.9. The van der Waals surface area contributed by atoms with Crippen LogP contribution in [0.2, 0.25) is 0 Å². The highest BCUT2D eigenvalue weighted by Gasteiger charge is 2.16. The standard InChI is InChI=1S/C20H30N2.C12H17N.C4H10/c1-4-5-9-17-12-14-19(15-13-17)20(21-3)22-16(2)18-10-7-6-8-11-18;1-5-11-7-6-10(4)8-12(11)13-9(2)3;1-3-4-2/h12-15,18H,4-11H2,1-3H3;6-8,13H,2,5H2,1,3-4H3;3-4H2,1-2H3. The molecule has 3 heteroatoms. The highest BCUT2D eigenvalue weighted by Crippen LogP contribution is 2.25. The summed E-state index contributed by atoms with van der Waals surface area (Å²) < 4.78 is 0. The largest absolute Gasteiger partial charge is 0.359 e. The fraction of sp³-hybridized carbons (Fsp3) is 0.556. The van der Waals surface area contributed by atoms with Crippen molar-refractivity contribution in [1.29, 1.82) is 0 Å². The third-order valence-electron chi connectivity index (χ3n) is 7.22. The average molecular weight is 532 g/mol. The van der Waals surface area contributed by atoms with Gasteiger partial charge in [-0.05, 0) is 81.5 Å². The first kappa shape index (κ1) is 34.3. The fourth-order valence-electron chi connectivity index (χ4n) is 4.57. The van der Waals surface area contributed by atoms with Gasteiger partial charge in [0, 0.05) is 29.7 Å². The van der Waals surface area contributed by atoms with Crippen LogP contribution in [0.5, 0.6) is 0 Å². The summed E-state index contributed by atoms with van der Waals surface area (Å²) in [6.07, 6.45) is 14.0. The van der Waals surface area contributed by atoms with Crippen molar-refractivity contribution in [2.24, 2.45) is 15.9 Å². The van der Waals surface area contributed by atoms with Crippen LogP contribution in [0.1, 0.15) is 122 Å². The first-order valence-electron chi connectivity index (χ1n) is 15.4. The number of amidine groups is 1. The smallest absolute Gasteiger partial charge is 0.154 e. The van der Waals surface area contributed by atoms with Crippen molar-refractivity contribution < 1.29 is 0 Å². The number of anilines is 1. The highest BCUT2D eigenvalue weighted by atomic mass is 14.9. The number of benzene rings is 2. The number of aryl methyl sites for hydroxylation is 3. The van der Waals surface area contributed by atoms with Crippen LogP contribution in [0.3, 0.4) is 0 Å². The molecule has 1 saturated carbocycles. The minimum atomic E-state index is 0.661. The van der Waals surface area contributed by atoms with E-state index >= 15 is 0 Å². The number of rotatable bonds is 9. The normalized spacial score (nSPS) is 14.1. The molecule has 0 unspecified atom stereocenters. The molecule has 2 aromatic carbocycles. The Labute approximate surface area is 241 Å². The number of hydrogen-bond acceptors (Lipinski definition) is 2. The Morgan fingerprint density at radius 2 is 1.54 bits per heavy atom. The molecule has 0 radical (unpaired) electrons. The summed E-state index contributed by atoms with van der Waals surface area (Å²) in [5, 5.41) is 3.27. The molecule has 1 fully saturated rings. The Kier molecular flexibility index (Phi) is 17.8. The van der Waals surface area contributed by atoms with Gasteiger partial charge in [-0.25, -0.2) is 4.99 Å². The van der Waals surface area contributed by atoms with Gasteiger partial charge >= 0.3 is 0 Å². The highest BCUT2D eigenvalue weighted by molar-refractivity contribution is 6.06. The minimum Gasteiger partial charge on any atom is -0.359 e. The van der Waals surface area contributed by atoms with E-state index < -0.39 is 0 Å². The minimum absolute atomic E-state index is 0.661. The molecule has 3 rings (SSSR count). The lowest BCUT2D eigenvalue weighted by molar-refractivity contribution is 0.438. The van der Waals surface area contributed by atoms with Crippen molar-refractivity contribution in [3.05, 3.63) is 77.0 Å². The average Bonchev–Trinajstić information content (AvgIpc) is 2.96. The van der Waals surface area contributed by atoms with Crippen molar-refractivity contribution >= 4 is 17.2 Å². The molecule has 0 heterocycles. The second-order valence-corrected chi connectivity index (χ2v) is 10.9. The number of hydrogen-bond donors (Lipinski definition) is 1. The molecule has 0 amide bonds. The van der Waals surface area contributed by atoms with Crippen LogP contribution in [-0.2, 0) is 12.8 Å². The van der Waals surface area contributed by atoms with Gasteiger partial charge in [-0.2, -0.15) is 0 Å². The van der Waals surface area contributed by atoms with Crippen LogP contribution in [0.25, 0.3) is 0 Å². The van der Waals surface area contributed by atoms with Crippen LogP contribution < -0.4 is 5.32 Å².